The summed E-state index contributed by atoms with van der Waals surface area (Å²) < 4.78 is 29.2. The molecule has 5 aromatic rings. The zero-order chi connectivity index (χ0) is 23.7. The summed E-state index contributed by atoms with van der Waals surface area (Å²) in [5.74, 6) is -0.672. The maximum absolute atomic E-state index is 14.3. The molecule has 11 heteroatoms. The Balaban J connectivity index is 1.38. The van der Waals surface area contributed by atoms with Gasteiger partial charge in [-0.2, -0.15) is 5.10 Å². The predicted octanol–water partition coefficient (Wildman–Crippen LogP) is 5.53. The molecule has 7 nitrogen and oxygen atoms in total. The Kier molecular flexibility index (Phi) is 6.03. The Labute approximate surface area is 201 Å². The van der Waals surface area contributed by atoms with Crippen molar-refractivity contribution in [3.63, 3.8) is 0 Å². The summed E-state index contributed by atoms with van der Waals surface area (Å²) in [5, 5.41) is 8.08. The number of hydrogen-bond donors (Lipinski definition) is 0. The molecule has 0 aliphatic carbocycles. The summed E-state index contributed by atoms with van der Waals surface area (Å²) >= 11 is 2.71. The van der Waals surface area contributed by atoms with E-state index < -0.39 is 5.82 Å². The van der Waals surface area contributed by atoms with Gasteiger partial charge in [-0.25, -0.2) is 28.4 Å². The monoisotopic (exact) mass is 494 g/mol. The van der Waals surface area contributed by atoms with Crippen molar-refractivity contribution < 1.29 is 13.6 Å². The number of para-hydroxylation sites is 1. The number of amides is 1. The first kappa shape index (κ1) is 22.1. The lowest BCUT2D eigenvalue weighted by Gasteiger charge is -2.18. The van der Waals surface area contributed by atoms with Crippen LogP contribution in [0.3, 0.4) is 0 Å². The molecule has 1 amide bonds. The van der Waals surface area contributed by atoms with Crippen LogP contribution in [0.15, 0.2) is 71.5 Å². The zero-order valence-corrected chi connectivity index (χ0v) is 19.4. The highest BCUT2D eigenvalue weighted by Crippen LogP contribution is 2.33. The van der Waals surface area contributed by atoms with Crippen LogP contribution < -0.4 is 4.90 Å². The Hall–Kier alpha value is -3.70. The lowest BCUT2D eigenvalue weighted by atomic mass is 10.3. The van der Waals surface area contributed by atoms with Crippen molar-refractivity contribution in [3.8, 4) is 5.69 Å². The Morgan fingerprint density at radius 2 is 1.91 bits per heavy atom. The van der Waals surface area contributed by atoms with Crippen molar-refractivity contribution >= 4 is 50.9 Å². The molecule has 5 rings (SSSR count). The maximum atomic E-state index is 14.3. The fraction of sp³-hybridized carbons (Fsp3) is 0.0870. The summed E-state index contributed by atoms with van der Waals surface area (Å²) in [5.41, 5.74) is 2.18. The van der Waals surface area contributed by atoms with Gasteiger partial charge in [-0.3, -0.25) is 9.69 Å². The van der Waals surface area contributed by atoms with E-state index in [2.05, 4.69) is 20.1 Å². The maximum Gasteiger partial charge on any atom is 0.230 e. The summed E-state index contributed by atoms with van der Waals surface area (Å²) in [6.07, 6.45) is 3.12. The molecule has 0 bridgehead atoms. The molecule has 34 heavy (non-hydrogen) atoms. The average Bonchev–Trinajstić information content (AvgIpc) is 3.47. The highest BCUT2D eigenvalue weighted by molar-refractivity contribution is 7.98. The van der Waals surface area contributed by atoms with E-state index in [4.69, 9.17) is 0 Å². The number of rotatable bonds is 6. The van der Waals surface area contributed by atoms with Gasteiger partial charge < -0.3 is 0 Å². The molecule has 3 aromatic heterocycles. The topological polar surface area (TPSA) is 76.8 Å². The smallest absolute Gasteiger partial charge is 0.230 e. The second-order valence-corrected chi connectivity index (χ2v) is 8.97. The van der Waals surface area contributed by atoms with E-state index in [9.17, 15) is 13.6 Å². The molecule has 0 unspecified atom stereocenters. The number of thioether (sulfide) groups is 1. The standard InChI is InChI=1S/C23H16F2N6OS2/c1-14(32)30(20-5-3-2-4-19(20)25)23-29-16(12-34-23)11-33-22-18-10-28-31(21(18)26-13-27-22)17-8-6-15(24)7-9-17/h2-10,12-13H,11H2,1H3. The normalized spacial score (nSPS) is 11.1. The number of carbonyl (C=O) groups excluding carboxylic acids is 1. The van der Waals surface area contributed by atoms with Gasteiger partial charge >= 0.3 is 0 Å². The Morgan fingerprint density at radius 3 is 2.68 bits per heavy atom. The molecule has 0 spiro atoms. The molecule has 3 heterocycles. The van der Waals surface area contributed by atoms with Crippen LogP contribution >= 0.6 is 23.1 Å². The Morgan fingerprint density at radius 1 is 1.12 bits per heavy atom. The van der Waals surface area contributed by atoms with Gasteiger partial charge in [-0.05, 0) is 36.4 Å². The number of anilines is 2. The van der Waals surface area contributed by atoms with Gasteiger partial charge in [0.25, 0.3) is 0 Å². The molecule has 0 saturated heterocycles. The van der Waals surface area contributed by atoms with Gasteiger partial charge in [-0.15, -0.1) is 11.3 Å². The number of hydrogen-bond acceptors (Lipinski definition) is 7. The van der Waals surface area contributed by atoms with E-state index in [1.807, 2.05) is 5.38 Å². The van der Waals surface area contributed by atoms with Crippen LogP contribution in [0.2, 0.25) is 0 Å². The van der Waals surface area contributed by atoms with Gasteiger partial charge in [-0.1, -0.05) is 23.9 Å². The van der Waals surface area contributed by atoms with Crippen molar-refractivity contribution in [2.45, 2.75) is 17.7 Å². The minimum Gasteiger partial charge on any atom is -0.274 e. The third-order valence-electron chi connectivity index (χ3n) is 4.90. The number of carbonyl (C=O) groups is 1. The molecule has 2 aromatic carbocycles. The van der Waals surface area contributed by atoms with Crippen LogP contribution in [0.1, 0.15) is 12.6 Å². The van der Waals surface area contributed by atoms with E-state index in [0.717, 1.165) is 11.1 Å². The van der Waals surface area contributed by atoms with Crippen molar-refractivity contribution in [3.05, 3.63) is 83.8 Å². The number of aromatic nitrogens is 5. The quantitative estimate of drug-likeness (QED) is 0.228. The molecule has 0 atom stereocenters. The van der Waals surface area contributed by atoms with Crippen molar-refractivity contribution in [1.29, 1.82) is 0 Å². The highest BCUT2D eigenvalue weighted by atomic mass is 32.2. The van der Waals surface area contributed by atoms with Crippen LogP contribution in [0.5, 0.6) is 0 Å². The van der Waals surface area contributed by atoms with Gasteiger partial charge in [0, 0.05) is 18.1 Å². The van der Waals surface area contributed by atoms with E-state index >= 15 is 0 Å². The lowest BCUT2D eigenvalue weighted by molar-refractivity contribution is -0.115. The molecule has 0 N–H and O–H groups in total. The van der Waals surface area contributed by atoms with E-state index in [-0.39, 0.29) is 17.4 Å². The summed E-state index contributed by atoms with van der Waals surface area (Å²) in [6.45, 7) is 1.37. The van der Waals surface area contributed by atoms with Gasteiger partial charge in [0.15, 0.2) is 10.8 Å². The summed E-state index contributed by atoms with van der Waals surface area (Å²) in [6, 6.07) is 12.1. The second-order valence-electron chi connectivity index (χ2n) is 7.16. The molecule has 0 aliphatic rings. The Bertz CT molecular complexity index is 1480. The predicted molar refractivity (Wildman–Crippen MR) is 128 cm³/mol. The van der Waals surface area contributed by atoms with E-state index in [1.54, 1.807) is 41.2 Å². The third-order valence-corrected chi connectivity index (χ3v) is 6.81. The minimum atomic E-state index is -0.495. The fourth-order valence-corrected chi connectivity index (χ4v) is 5.20. The molecule has 0 fully saturated rings. The molecular weight excluding hydrogens is 478 g/mol. The van der Waals surface area contributed by atoms with E-state index in [1.165, 1.54) is 59.4 Å². The van der Waals surface area contributed by atoms with Crippen molar-refractivity contribution in [1.82, 2.24) is 24.7 Å². The number of halogens is 2. The molecule has 170 valence electrons. The van der Waals surface area contributed by atoms with Crippen LogP contribution in [-0.4, -0.2) is 30.6 Å². The minimum absolute atomic E-state index is 0.161. The van der Waals surface area contributed by atoms with Gasteiger partial charge in [0.1, 0.15) is 23.0 Å². The van der Waals surface area contributed by atoms with E-state index in [0.29, 0.717) is 27.2 Å². The molecule has 0 radical (unpaired) electrons. The summed E-state index contributed by atoms with van der Waals surface area (Å²) in [4.78, 5) is 26.8. The van der Waals surface area contributed by atoms with Gasteiger partial charge in [0.05, 0.1) is 28.7 Å². The molecule has 0 aliphatic heterocycles. The SMILES string of the molecule is CC(=O)N(c1nc(CSc2ncnc3c2cnn3-c2ccc(F)cc2)cs1)c1ccccc1F. The van der Waals surface area contributed by atoms with Crippen LogP contribution in [0, 0.1) is 11.6 Å². The van der Waals surface area contributed by atoms with Crippen molar-refractivity contribution in [2.24, 2.45) is 0 Å². The third kappa shape index (κ3) is 4.27. The van der Waals surface area contributed by atoms with Crippen LogP contribution in [0.25, 0.3) is 16.7 Å². The average molecular weight is 495 g/mol. The number of benzene rings is 2. The summed E-state index contributed by atoms with van der Waals surface area (Å²) in [7, 11) is 0. The van der Waals surface area contributed by atoms with Crippen molar-refractivity contribution in [2.75, 3.05) is 4.90 Å². The fourth-order valence-electron chi connectivity index (χ4n) is 3.36. The largest absolute Gasteiger partial charge is 0.274 e. The number of thiazole rings is 1. The first-order chi connectivity index (χ1) is 16.5. The van der Waals surface area contributed by atoms with Gasteiger partial charge in [0.2, 0.25) is 5.91 Å². The first-order valence-electron chi connectivity index (χ1n) is 10.1. The van der Waals surface area contributed by atoms with Crippen LogP contribution in [0.4, 0.5) is 19.6 Å². The number of nitrogens with zero attached hydrogens (tertiary/aromatic N) is 6. The molecular formula is C23H16F2N6OS2. The first-order valence-corrected chi connectivity index (χ1v) is 11.9. The second kappa shape index (κ2) is 9.27. The molecule has 0 saturated carbocycles. The zero-order valence-electron chi connectivity index (χ0n) is 17.7. The van der Waals surface area contributed by atoms with Crippen LogP contribution in [-0.2, 0) is 10.5 Å². The highest BCUT2D eigenvalue weighted by Gasteiger charge is 2.21. The number of fused-ring (bicyclic) bond motifs is 1. The lowest BCUT2D eigenvalue weighted by Crippen LogP contribution is -2.23.